The molecule has 2 amide bonds. The summed E-state index contributed by atoms with van der Waals surface area (Å²) in [4.78, 5) is 25.1. The van der Waals surface area contributed by atoms with Crippen molar-refractivity contribution in [2.24, 2.45) is 5.92 Å². The van der Waals surface area contributed by atoms with Crippen molar-refractivity contribution in [1.82, 2.24) is 15.5 Å². The maximum absolute atomic E-state index is 12.3. The number of rotatable bonds is 8. The van der Waals surface area contributed by atoms with Crippen LogP contribution in [0.2, 0.25) is 0 Å². The average Bonchev–Trinajstić information content (AvgIpc) is 2.54. The number of carbonyl (C=O) groups is 2. The molecule has 0 aliphatic heterocycles. The number of likely N-dealkylation sites (N-methyl/N-ethyl adjacent to an activating group) is 1. The van der Waals surface area contributed by atoms with Gasteiger partial charge in [-0.3, -0.25) is 9.69 Å². The summed E-state index contributed by atoms with van der Waals surface area (Å²) < 4.78 is 0. The number of carbonyl (C=O) groups excluding carboxylic acids is 1. The molecule has 0 saturated heterocycles. The Balaban J connectivity index is 1.82. The molecule has 25 heavy (non-hydrogen) atoms. The van der Waals surface area contributed by atoms with Crippen LogP contribution in [0.3, 0.4) is 0 Å². The second kappa shape index (κ2) is 8.85. The number of benzene rings is 1. The van der Waals surface area contributed by atoms with Gasteiger partial charge in [0.1, 0.15) is 0 Å². The summed E-state index contributed by atoms with van der Waals surface area (Å²) in [6.07, 6.45) is 1.60. The van der Waals surface area contributed by atoms with E-state index in [1.54, 1.807) is 0 Å². The molecule has 2 rings (SSSR count). The summed E-state index contributed by atoms with van der Waals surface area (Å²) in [6.45, 7) is 6.90. The molecule has 0 heterocycles. The maximum Gasteiger partial charge on any atom is 0.317 e. The van der Waals surface area contributed by atoms with Crippen LogP contribution >= 0.6 is 0 Å². The minimum atomic E-state index is -0.807. The van der Waals surface area contributed by atoms with Gasteiger partial charge in [0.05, 0.1) is 12.6 Å². The number of carboxylic acid groups (broad SMARTS) is 1. The molecule has 0 bridgehead atoms. The van der Waals surface area contributed by atoms with Crippen LogP contribution in [0.4, 0.5) is 4.79 Å². The van der Waals surface area contributed by atoms with Crippen LogP contribution in [0.25, 0.3) is 0 Å². The van der Waals surface area contributed by atoms with Gasteiger partial charge in [0.25, 0.3) is 0 Å². The lowest BCUT2D eigenvalue weighted by molar-refractivity contribution is -0.139. The Bertz CT molecular complexity index is 571. The fourth-order valence-electron chi connectivity index (χ4n) is 3.34. The Morgan fingerprint density at radius 3 is 2.40 bits per heavy atom. The largest absolute Gasteiger partial charge is 0.480 e. The summed E-state index contributed by atoms with van der Waals surface area (Å²) in [7, 11) is 0. The number of amides is 2. The number of aliphatic carboxylic acids is 1. The Hall–Kier alpha value is -2.08. The van der Waals surface area contributed by atoms with E-state index in [2.05, 4.69) is 24.5 Å². The number of nitrogens with one attached hydrogen (secondary N) is 2. The van der Waals surface area contributed by atoms with E-state index in [0.29, 0.717) is 6.54 Å². The summed E-state index contributed by atoms with van der Waals surface area (Å²) >= 11 is 0. The zero-order valence-corrected chi connectivity index (χ0v) is 15.2. The molecule has 138 valence electrons. The molecule has 6 nitrogen and oxygen atoms in total. The van der Waals surface area contributed by atoms with Crippen LogP contribution in [0.15, 0.2) is 30.3 Å². The summed E-state index contributed by atoms with van der Waals surface area (Å²) in [5, 5.41) is 15.0. The molecule has 0 radical (unpaired) electrons. The number of urea groups is 1. The van der Waals surface area contributed by atoms with Gasteiger partial charge in [0.15, 0.2) is 0 Å². The van der Waals surface area contributed by atoms with Crippen LogP contribution < -0.4 is 10.6 Å². The van der Waals surface area contributed by atoms with E-state index in [-0.39, 0.29) is 36.6 Å². The van der Waals surface area contributed by atoms with Crippen molar-refractivity contribution in [2.75, 3.05) is 13.1 Å². The molecule has 3 N–H and O–H groups in total. The van der Waals surface area contributed by atoms with Crippen LogP contribution in [-0.4, -0.2) is 47.2 Å². The van der Waals surface area contributed by atoms with E-state index in [1.165, 1.54) is 0 Å². The average molecular weight is 347 g/mol. The molecule has 1 aliphatic rings. The van der Waals surface area contributed by atoms with E-state index in [1.807, 2.05) is 42.2 Å². The zero-order chi connectivity index (χ0) is 18.4. The van der Waals surface area contributed by atoms with Gasteiger partial charge in [-0.2, -0.15) is 0 Å². The molecule has 1 saturated carbocycles. The van der Waals surface area contributed by atoms with Crippen LogP contribution in [0, 0.1) is 5.92 Å². The first kappa shape index (κ1) is 19.2. The SMILES string of the molecule is CCN(CC(=O)O)C1CC(NC(=O)NC(c2ccccc2)C(C)C)C1. The highest BCUT2D eigenvalue weighted by Gasteiger charge is 2.35. The zero-order valence-electron chi connectivity index (χ0n) is 15.2. The van der Waals surface area contributed by atoms with Gasteiger partial charge >= 0.3 is 12.0 Å². The first-order valence-electron chi connectivity index (χ1n) is 8.98. The van der Waals surface area contributed by atoms with Crippen molar-refractivity contribution in [3.05, 3.63) is 35.9 Å². The van der Waals surface area contributed by atoms with Gasteiger partial charge in [0.2, 0.25) is 0 Å². The quantitative estimate of drug-likeness (QED) is 0.675. The van der Waals surface area contributed by atoms with Crippen molar-refractivity contribution in [2.45, 2.75) is 51.7 Å². The lowest BCUT2D eigenvalue weighted by atomic mass is 9.85. The monoisotopic (exact) mass is 347 g/mol. The third kappa shape index (κ3) is 5.46. The Morgan fingerprint density at radius 1 is 1.24 bits per heavy atom. The molecule has 1 atom stereocenters. The molecule has 1 aliphatic carbocycles. The second-order valence-electron chi connectivity index (χ2n) is 7.03. The van der Waals surface area contributed by atoms with Crippen molar-refractivity contribution in [3.63, 3.8) is 0 Å². The number of hydrogen-bond acceptors (Lipinski definition) is 3. The molecule has 0 aromatic heterocycles. The first-order valence-corrected chi connectivity index (χ1v) is 8.98. The minimum absolute atomic E-state index is 0.0313. The Morgan fingerprint density at radius 2 is 1.88 bits per heavy atom. The smallest absolute Gasteiger partial charge is 0.317 e. The van der Waals surface area contributed by atoms with Gasteiger partial charge in [0, 0.05) is 12.1 Å². The van der Waals surface area contributed by atoms with Gasteiger partial charge in [-0.1, -0.05) is 51.1 Å². The standard InChI is InChI=1S/C19H29N3O3/c1-4-22(12-17(23)24)16-10-15(11-16)20-19(25)21-18(13(2)3)14-8-6-5-7-9-14/h5-9,13,15-16,18H,4,10-12H2,1-3H3,(H,23,24)(H2,20,21,25). The topological polar surface area (TPSA) is 81.7 Å². The van der Waals surface area contributed by atoms with Crippen LogP contribution in [0.5, 0.6) is 0 Å². The van der Waals surface area contributed by atoms with E-state index < -0.39 is 5.97 Å². The third-order valence-electron chi connectivity index (χ3n) is 4.82. The highest BCUT2D eigenvalue weighted by molar-refractivity contribution is 5.75. The Labute approximate surface area is 149 Å². The van der Waals surface area contributed by atoms with Gasteiger partial charge in [-0.15, -0.1) is 0 Å². The number of nitrogens with zero attached hydrogens (tertiary/aromatic N) is 1. The molecule has 6 heteroatoms. The second-order valence-corrected chi connectivity index (χ2v) is 7.03. The fourth-order valence-corrected chi connectivity index (χ4v) is 3.34. The molecule has 1 fully saturated rings. The highest BCUT2D eigenvalue weighted by Crippen LogP contribution is 2.26. The van der Waals surface area contributed by atoms with Crippen molar-refractivity contribution < 1.29 is 14.7 Å². The van der Waals surface area contributed by atoms with E-state index >= 15 is 0 Å². The van der Waals surface area contributed by atoms with E-state index in [4.69, 9.17) is 5.11 Å². The van der Waals surface area contributed by atoms with Crippen molar-refractivity contribution in [1.29, 1.82) is 0 Å². The summed E-state index contributed by atoms with van der Waals surface area (Å²) in [5.74, 6) is -0.521. The Kier molecular flexibility index (Phi) is 6.82. The molecular weight excluding hydrogens is 318 g/mol. The lowest BCUT2D eigenvalue weighted by Gasteiger charge is -2.42. The van der Waals surface area contributed by atoms with Gasteiger partial charge < -0.3 is 15.7 Å². The first-order chi connectivity index (χ1) is 11.9. The predicted molar refractivity (Wildman–Crippen MR) is 97.4 cm³/mol. The highest BCUT2D eigenvalue weighted by atomic mass is 16.4. The molecule has 1 aromatic carbocycles. The molecule has 1 unspecified atom stereocenters. The maximum atomic E-state index is 12.3. The van der Waals surface area contributed by atoms with E-state index in [9.17, 15) is 9.59 Å². The van der Waals surface area contributed by atoms with Crippen LogP contribution in [-0.2, 0) is 4.79 Å². The molecule has 0 spiro atoms. The minimum Gasteiger partial charge on any atom is -0.480 e. The van der Waals surface area contributed by atoms with Crippen LogP contribution in [0.1, 0.15) is 45.2 Å². The number of carboxylic acids is 1. The van der Waals surface area contributed by atoms with Gasteiger partial charge in [-0.05, 0) is 30.9 Å². The normalized spacial score (nSPS) is 20.8. The third-order valence-corrected chi connectivity index (χ3v) is 4.82. The van der Waals surface area contributed by atoms with Gasteiger partial charge in [-0.25, -0.2) is 4.79 Å². The fraction of sp³-hybridized carbons (Fsp3) is 0.579. The van der Waals surface area contributed by atoms with Crippen molar-refractivity contribution >= 4 is 12.0 Å². The van der Waals surface area contributed by atoms with Crippen molar-refractivity contribution in [3.8, 4) is 0 Å². The summed E-state index contributed by atoms with van der Waals surface area (Å²) in [5.41, 5.74) is 1.10. The lowest BCUT2D eigenvalue weighted by Crippen LogP contribution is -2.56. The summed E-state index contributed by atoms with van der Waals surface area (Å²) in [6, 6.07) is 10.1. The molecule has 1 aromatic rings. The predicted octanol–water partition coefficient (Wildman–Crippen LogP) is 2.62. The number of hydrogen-bond donors (Lipinski definition) is 3. The van der Waals surface area contributed by atoms with E-state index in [0.717, 1.165) is 18.4 Å². The molecular formula is C19H29N3O3.